The zero-order chi connectivity index (χ0) is 11.8. The first-order valence-electron chi connectivity index (χ1n) is 5.04. The molecule has 3 heteroatoms. The molecule has 0 fully saturated rings. The van der Waals surface area contributed by atoms with Crippen LogP contribution in [0, 0.1) is 6.92 Å². The van der Waals surface area contributed by atoms with Crippen LogP contribution in [0.3, 0.4) is 0 Å². The van der Waals surface area contributed by atoms with Crippen LogP contribution in [0.5, 0.6) is 5.75 Å². The van der Waals surface area contributed by atoms with Gasteiger partial charge in [-0.1, -0.05) is 0 Å². The lowest BCUT2D eigenvalue weighted by Gasteiger charge is -2.01. The maximum Gasteiger partial charge on any atom is 0.141 e. The molecule has 0 unspecified atom stereocenters. The molecule has 1 aromatic rings. The van der Waals surface area contributed by atoms with Gasteiger partial charge in [0.05, 0.1) is 19.6 Å². The summed E-state index contributed by atoms with van der Waals surface area (Å²) in [4.78, 5) is 3.74. The number of hydrogen-bond acceptors (Lipinski definition) is 2. The molecule has 0 bridgehead atoms. The van der Waals surface area contributed by atoms with Crippen LogP contribution in [0.25, 0.3) is 0 Å². The number of ether oxygens (including phenoxy) is 1. The van der Waals surface area contributed by atoms with Gasteiger partial charge in [-0.2, -0.15) is 0 Å². The van der Waals surface area contributed by atoms with Crippen LogP contribution in [0.2, 0.25) is 0 Å². The van der Waals surface area contributed by atoms with Gasteiger partial charge in [-0.15, -0.1) is 0 Å². The number of hydrogen-bond donors (Lipinski definition) is 0. The Hall–Kier alpha value is -0.570. The SMILES string of the molecule is [2H]c1nc(C)c(OC([2H])([2H])[2H])c([2H])c1Br. The molecule has 1 aromatic heterocycles. The molecular formula is C7H8BrNO. The lowest BCUT2D eigenvalue weighted by Crippen LogP contribution is -1.89. The number of nitrogens with zero attached hydrogens (tertiary/aromatic N) is 1. The second-order valence-electron chi connectivity index (χ2n) is 1.68. The third-order valence-electron chi connectivity index (χ3n) is 0.976. The summed E-state index contributed by atoms with van der Waals surface area (Å²) in [5, 5.41) is 0. The summed E-state index contributed by atoms with van der Waals surface area (Å²) < 4.78 is 40.5. The first-order valence-corrected chi connectivity index (χ1v) is 3.34. The molecule has 1 heterocycles. The van der Waals surface area contributed by atoms with Crippen LogP contribution >= 0.6 is 15.9 Å². The highest BCUT2D eigenvalue weighted by molar-refractivity contribution is 9.10. The van der Waals surface area contributed by atoms with Gasteiger partial charge < -0.3 is 4.74 Å². The van der Waals surface area contributed by atoms with Crippen molar-refractivity contribution in [2.75, 3.05) is 7.04 Å². The summed E-state index contributed by atoms with van der Waals surface area (Å²) in [6.07, 6.45) is -0.115. The zero-order valence-corrected chi connectivity index (χ0v) is 6.82. The summed E-state index contributed by atoms with van der Waals surface area (Å²) in [5.41, 5.74) is 0.212. The predicted molar refractivity (Wildman–Crippen MR) is 43.2 cm³/mol. The Balaban J connectivity index is 3.24. The van der Waals surface area contributed by atoms with E-state index in [4.69, 9.17) is 6.85 Å². The van der Waals surface area contributed by atoms with E-state index in [-0.39, 0.29) is 28.1 Å². The minimum Gasteiger partial charge on any atom is -0.495 e. The fourth-order valence-corrected chi connectivity index (χ4v) is 0.770. The Morgan fingerprint density at radius 1 is 1.90 bits per heavy atom. The molecular weight excluding hydrogens is 194 g/mol. The fourth-order valence-electron chi connectivity index (χ4n) is 0.501. The molecule has 0 spiro atoms. The van der Waals surface area contributed by atoms with E-state index in [0.717, 1.165) is 0 Å². The Morgan fingerprint density at radius 3 is 3.40 bits per heavy atom. The minimum absolute atomic E-state index is 0.115. The van der Waals surface area contributed by atoms with Crippen LogP contribution < -0.4 is 4.74 Å². The van der Waals surface area contributed by atoms with E-state index in [2.05, 4.69) is 25.7 Å². The van der Waals surface area contributed by atoms with E-state index >= 15 is 0 Å². The van der Waals surface area contributed by atoms with Crippen LogP contribution in [0.4, 0.5) is 0 Å². The minimum atomic E-state index is -2.62. The van der Waals surface area contributed by atoms with Crippen molar-refractivity contribution in [3.63, 3.8) is 0 Å². The van der Waals surface area contributed by atoms with Gasteiger partial charge in [0.25, 0.3) is 0 Å². The van der Waals surface area contributed by atoms with Crippen molar-refractivity contribution < 1.29 is 11.6 Å². The monoisotopic (exact) mass is 206 g/mol. The maximum atomic E-state index is 7.58. The van der Waals surface area contributed by atoms with Gasteiger partial charge in [-0.05, 0) is 28.9 Å². The van der Waals surface area contributed by atoms with Crippen LogP contribution in [-0.2, 0) is 0 Å². The quantitative estimate of drug-likeness (QED) is 0.703. The first kappa shape index (κ1) is 3.22. The van der Waals surface area contributed by atoms with E-state index in [1.807, 2.05) is 0 Å². The summed E-state index contributed by atoms with van der Waals surface area (Å²) in [5.74, 6) is -0.127. The smallest absolute Gasteiger partial charge is 0.141 e. The van der Waals surface area contributed by atoms with Gasteiger partial charge in [0.15, 0.2) is 0 Å². The highest BCUT2D eigenvalue weighted by Gasteiger charge is 1.97. The van der Waals surface area contributed by atoms with E-state index in [0.29, 0.717) is 0 Å². The molecule has 0 atom stereocenters. The molecule has 0 aliphatic rings. The largest absolute Gasteiger partial charge is 0.495 e. The summed E-state index contributed by atoms with van der Waals surface area (Å²) in [6, 6.07) is -0.177. The normalized spacial score (nSPS) is 18.0. The molecule has 0 aliphatic heterocycles. The molecule has 0 aromatic carbocycles. The lowest BCUT2D eigenvalue weighted by atomic mass is 10.3. The summed E-state index contributed by atoms with van der Waals surface area (Å²) in [7, 11) is -2.62. The van der Waals surface area contributed by atoms with Crippen molar-refractivity contribution in [2.45, 2.75) is 6.92 Å². The molecule has 0 saturated carbocycles. The molecule has 0 N–H and O–H groups in total. The van der Waals surface area contributed by atoms with Crippen molar-refractivity contribution in [1.82, 2.24) is 4.98 Å². The second-order valence-corrected chi connectivity index (χ2v) is 2.47. The second kappa shape index (κ2) is 3.01. The molecule has 0 amide bonds. The van der Waals surface area contributed by atoms with E-state index in [9.17, 15) is 0 Å². The average Bonchev–Trinajstić information content (AvgIpc) is 2.07. The third-order valence-corrected chi connectivity index (χ3v) is 1.35. The molecule has 0 aliphatic carbocycles. The third kappa shape index (κ3) is 1.48. The lowest BCUT2D eigenvalue weighted by molar-refractivity contribution is 0.409. The van der Waals surface area contributed by atoms with Gasteiger partial charge in [0.1, 0.15) is 5.75 Å². The van der Waals surface area contributed by atoms with Gasteiger partial charge in [0.2, 0.25) is 0 Å². The first-order chi connectivity index (χ1) is 6.72. The van der Waals surface area contributed by atoms with Crippen molar-refractivity contribution in [3.05, 3.63) is 22.4 Å². The van der Waals surface area contributed by atoms with E-state index in [1.165, 1.54) is 6.92 Å². The van der Waals surface area contributed by atoms with Gasteiger partial charge >= 0.3 is 0 Å². The standard InChI is InChI=1S/C7H8BrNO/c1-5-7(10-2)3-6(8)4-9-5/h3-4H,1-2H3/i2D3,3D,4D. The number of methoxy groups -OCH3 is 1. The molecule has 2 nitrogen and oxygen atoms in total. The predicted octanol–water partition coefficient (Wildman–Crippen LogP) is 2.16. The van der Waals surface area contributed by atoms with E-state index in [1.54, 1.807) is 0 Å². The van der Waals surface area contributed by atoms with Gasteiger partial charge in [0, 0.05) is 10.6 Å². The summed E-state index contributed by atoms with van der Waals surface area (Å²) >= 11 is 2.97. The van der Waals surface area contributed by atoms with Gasteiger partial charge in [-0.25, -0.2) is 0 Å². The van der Waals surface area contributed by atoms with Crippen LogP contribution in [0.15, 0.2) is 16.7 Å². The summed E-state index contributed by atoms with van der Waals surface area (Å²) in [6.45, 7) is 1.49. The van der Waals surface area contributed by atoms with Crippen LogP contribution in [0.1, 0.15) is 12.5 Å². The molecule has 0 saturated heterocycles. The number of aromatic nitrogens is 1. The van der Waals surface area contributed by atoms with Crippen molar-refractivity contribution in [2.24, 2.45) is 0 Å². The van der Waals surface area contributed by atoms with Crippen molar-refractivity contribution >= 4 is 15.9 Å². The maximum absolute atomic E-state index is 7.58. The highest BCUT2D eigenvalue weighted by atomic mass is 79.9. The Morgan fingerprint density at radius 2 is 2.70 bits per heavy atom. The molecule has 54 valence electrons. The van der Waals surface area contributed by atoms with E-state index < -0.39 is 7.04 Å². The Kier molecular flexibility index (Phi) is 0.969. The van der Waals surface area contributed by atoms with Crippen molar-refractivity contribution in [3.8, 4) is 5.75 Å². The number of rotatable bonds is 1. The van der Waals surface area contributed by atoms with Crippen LogP contribution in [-0.4, -0.2) is 12.0 Å². The number of halogens is 1. The Bertz CT molecular complexity index is 392. The molecule has 0 radical (unpaired) electrons. The fraction of sp³-hybridized carbons (Fsp3) is 0.286. The topological polar surface area (TPSA) is 22.1 Å². The van der Waals surface area contributed by atoms with Gasteiger partial charge in [-0.3, -0.25) is 4.98 Å². The average molecular weight is 207 g/mol. The molecule has 1 rings (SSSR count). The molecule has 10 heavy (non-hydrogen) atoms. The number of pyridine rings is 1. The zero-order valence-electron chi connectivity index (χ0n) is 10.2. The Labute approximate surface area is 75.4 Å². The highest BCUT2D eigenvalue weighted by Crippen LogP contribution is 2.19. The van der Waals surface area contributed by atoms with Crippen molar-refractivity contribution in [1.29, 1.82) is 0 Å². The number of aryl methyl sites for hydroxylation is 1.